The van der Waals surface area contributed by atoms with Crippen LogP contribution in [-0.4, -0.2) is 28.1 Å². The number of nitrogens with zero attached hydrogens (tertiary/aromatic N) is 2. The van der Waals surface area contributed by atoms with Gasteiger partial charge in [0, 0.05) is 18.5 Å². The minimum Gasteiger partial charge on any atom is -0.504 e. The maximum absolute atomic E-state index is 11.8. The van der Waals surface area contributed by atoms with E-state index in [1.165, 1.54) is 25.6 Å². The van der Waals surface area contributed by atoms with Gasteiger partial charge in [0.25, 0.3) is 5.91 Å². The van der Waals surface area contributed by atoms with Crippen molar-refractivity contribution in [2.24, 2.45) is 0 Å². The standard InChI is InChI=1S/C12H11N3O3/c1-18-10-5-4-8(7-14-10)12(17)15-11-9(16)3-2-6-13-11/h2-7,16H,1H3,(H,13,15,17). The van der Waals surface area contributed by atoms with Gasteiger partial charge < -0.3 is 15.2 Å². The zero-order chi connectivity index (χ0) is 13.0. The fraction of sp³-hybridized carbons (Fsp3) is 0.0833. The monoisotopic (exact) mass is 245 g/mol. The summed E-state index contributed by atoms with van der Waals surface area (Å²) < 4.78 is 4.89. The highest BCUT2D eigenvalue weighted by molar-refractivity contribution is 6.04. The van der Waals surface area contributed by atoms with Crippen LogP contribution >= 0.6 is 0 Å². The Balaban J connectivity index is 2.14. The maximum atomic E-state index is 11.8. The number of nitrogens with one attached hydrogen (secondary N) is 1. The van der Waals surface area contributed by atoms with Gasteiger partial charge >= 0.3 is 0 Å². The van der Waals surface area contributed by atoms with Crippen LogP contribution in [-0.2, 0) is 0 Å². The molecule has 6 heteroatoms. The number of aromatic nitrogens is 2. The molecule has 18 heavy (non-hydrogen) atoms. The van der Waals surface area contributed by atoms with Gasteiger partial charge in [-0.15, -0.1) is 0 Å². The zero-order valence-corrected chi connectivity index (χ0v) is 9.62. The van der Waals surface area contributed by atoms with Gasteiger partial charge in [-0.25, -0.2) is 9.97 Å². The molecule has 2 aromatic heterocycles. The fourth-order valence-corrected chi connectivity index (χ4v) is 1.31. The Hall–Kier alpha value is -2.63. The summed E-state index contributed by atoms with van der Waals surface area (Å²) in [6.07, 6.45) is 2.86. The van der Waals surface area contributed by atoms with Crippen LogP contribution in [0, 0.1) is 0 Å². The molecule has 0 spiro atoms. The SMILES string of the molecule is COc1ccc(C(=O)Nc2ncccc2O)cn1. The number of amides is 1. The number of aromatic hydroxyl groups is 1. The molecule has 92 valence electrons. The van der Waals surface area contributed by atoms with E-state index in [-0.39, 0.29) is 11.6 Å². The molecule has 2 heterocycles. The van der Waals surface area contributed by atoms with Crippen molar-refractivity contribution in [2.45, 2.75) is 0 Å². The molecule has 0 aliphatic heterocycles. The number of anilines is 1. The summed E-state index contributed by atoms with van der Waals surface area (Å²) in [5.41, 5.74) is 0.348. The van der Waals surface area contributed by atoms with Crippen molar-refractivity contribution in [2.75, 3.05) is 12.4 Å². The van der Waals surface area contributed by atoms with Crippen LogP contribution in [0.15, 0.2) is 36.7 Å². The fourth-order valence-electron chi connectivity index (χ4n) is 1.31. The predicted molar refractivity (Wildman–Crippen MR) is 64.6 cm³/mol. The van der Waals surface area contributed by atoms with E-state index in [4.69, 9.17) is 4.74 Å². The van der Waals surface area contributed by atoms with Crippen LogP contribution in [0.25, 0.3) is 0 Å². The molecule has 0 unspecified atom stereocenters. The van der Waals surface area contributed by atoms with E-state index < -0.39 is 5.91 Å². The Morgan fingerprint density at radius 2 is 2.17 bits per heavy atom. The number of methoxy groups -OCH3 is 1. The number of carbonyl (C=O) groups excluding carboxylic acids is 1. The first-order valence-electron chi connectivity index (χ1n) is 5.16. The highest BCUT2D eigenvalue weighted by Crippen LogP contribution is 2.19. The molecule has 0 saturated carbocycles. The molecular weight excluding hydrogens is 234 g/mol. The molecule has 2 aromatic rings. The van der Waals surface area contributed by atoms with Gasteiger partial charge in [-0.2, -0.15) is 0 Å². The third-order valence-corrected chi connectivity index (χ3v) is 2.23. The molecule has 2 rings (SSSR count). The predicted octanol–water partition coefficient (Wildman–Crippen LogP) is 1.44. The first-order chi connectivity index (χ1) is 8.70. The summed E-state index contributed by atoms with van der Waals surface area (Å²) in [6.45, 7) is 0. The van der Waals surface area contributed by atoms with Gasteiger partial charge in [0.15, 0.2) is 11.6 Å². The molecule has 0 aliphatic rings. The number of rotatable bonds is 3. The Morgan fingerprint density at radius 3 is 2.78 bits per heavy atom. The quantitative estimate of drug-likeness (QED) is 0.854. The Labute approximate surface area is 103 Å². The van der Waals surface area contributed by atoms with Crippen LogP contribution in [0.1, 0.15) is 10.4 Å². The molecule has 0 radical (unpaired) electrons. The number of hydrogen-bond donors (Lipinski definition) is 2. The third-order valence-electron chi connectivity index (χ3n) is 2.23. The van der Waals surface area contributed by atoms with Crippen molar-refractivity contribution in [1.82, 2.24) is 9.97 Å². The second-order valence-corrected chi connectivity index (χ2v) is 3.41. The minimum atomic E-state index is -0.404. The van der Waals surface area contributed by atoms with Crippen molar-refractivity contribution >= 4 is 11.7 Å². The van der Waals surface area contributed by atoms with Gasteiger partial charge in [0.05, 0.1) is 12.7 Å². The van der Waals surface area contributed by atoms with E-state index in [1.807, 2.05) is 0 Å². The Kier molecular flexibility index (Phi) is 3.38. The van der Waals surface area contributed by atoms with Crippen molar-refractivity contribution in [1.29, 1.82) is 0 Å². The lowest BCUT2D eigenvalue weighted by Crippen LogP contribution is -2.13. The average Bonchev–Trinajstić information content (AvgIpc) is 2.41. The average molecular weight is 245 g/mol. The highest BCUT2D eigenvalue weighted by Gasteiger charge is 2.09. The van der Waals surface area contributed by atoms with Gasteiger partial charge in [-0.05, 0) is 18.2 Å². The molecule has 0 aliphatic carbocycles. The van der Waals surface area contributed by atoms with Crippen molar-refractivity contribution < 1.29 is 14.6 Å². The molecular formula is C12H11N3O3. The lowest BCUT2D eigenvalue weighted by molar-refractivity contribution is 0.102. The number of hydrogen-bond acceptors (Lipinski definition) is 5. The Bertz CT molecular complexity index is 555. The molecule has 0 atom stereocenters. The largest absolute Gasteiger partial charge is 0.504 e. The zero-order valence-electron chi connectivity index (χ0n) is 9.62. The molecule has 2 N–H and O–H groups in total. The highest BCUT2D eigenvalue weighted by atomic mass is 16.5. The third kappa shape index (κ3) is 2.54. The molecule has 0 bridgehead atoms. The van der Waals surface area contributed by atoms with Gasteiger partial charge in [0.1, 0.15) is 0 Å². The smallest absolute Gasteiger partial charge is 0.258 e. The summed E-state index contributed by atoms with van der Waals surface area (Å²) in [7, 11) is 1.49. The van der Waals surface area contributed by atoms with E-state index in [1.54, 1.807) is 18.2 Å². The number of carbonyl (C=O) groups is 1. The first kappa shape index (κ1) is 11.8. The van der Waals surface area contributed by atoms with E-state index in [9.17, 15) is 9.90 Å². The Morgan fingerprint density at radius 1 is 1.33 bits per heavy atom. The summed E-state index contributed by atoms with van der Waals surface area (Å²) in [5, 5.41) is 12.0. The lowest BCUT2D eigenvalue weighted by Gasteiger charge is -2.05. The van der Waals surface area contributed by atoms with Crippen LogP contribution in [0.4, 0.5) is 5.82 Å². The molecule has 1 amide bonds. The van der Waals surface area contributed by atoms with Crippen molar-refractivity contribution in [3.63, 3.8) is 0 Å². The summed E-state index contributed by atoms with van der Waals surface area (Å²) in [6, 6.07) is 6.16. The summed E-state index contributed by atoms with van der Waals surface area (Å²) in [4.78, 5) is 19.6. The molecule has 0 saturated heterocycles. The van der Waals surface area contributed by atoms with Crippen LogP contribution in [0.3, 0.4) is 0 Å². The number of ether oxygens (including phenoxy) is 1. The van der Waals surface area contributed by atoms with Gasteiger partial charge in [0.2, 0.25) is 5.88 Å². The van der Waals surface area contributed by atoms with Crippen molar-refractivity contribution in [3.8, 4) is 11.6 Å². The first-order valence-corrected chi connectivity index (χ1v) is 5.16. The summed E-state index contributed by atoms with van der Waals surface area (Å²) >= 11 is 0. The normalized spacial score (nSPS) is 9.83. The minimum absolute atomic E-state index is 0.0904. The molecule has 0 aromatic carbocycles. The summed E-state index contributed by atoms with van der Waals surface area (Å²) in [5.74, 6) is 0.0389. The van der Waals surface area contributed by atoms with E-state index in [0.29, 0.717) is 11.4 Å². The topological polar surface area (TPSA) is 84.3 Å². The molecule has 0 fully saturated rings. The number of pyridine rings is 2. The second-order valence-electron chi connectivity index (χ2n) is 3.41. The van der Waals surface area contributed by atoms with E-state index in [2.05, 4.69) is 15.3 Å². The second kappa shape index (κ2) is 5.13. The van der Waals surface area contributed by atoms with Gasteiger partial charge in [-0.1, -0.05) is 0 Å². The maximum Gasteiger partial charge on any atom is 0.258 e. The van der Waals surface area contributed by atoms with Crippen LogP contribution in [0.2, 0.25) is 0 Å². The molecule has 6 nitrogen and oxygen atoms in total. The van der Waals surface area contributed by atoms with Crippen LogP contribution in [0.5, 0.6) is 11.6 Å². The van der Waals surface area contributed by atoms with E-state index >= 15 is 0 Å². The van der Waals surface area contributed by atoms with Crippen LogP contribution < -0.4 is 10.1 Å². The van der Waals surface area contributed by atoms with E-state index in [0.717, 1.165) is 0 Å². The lowest BCUT2D eigenvalue weighted by atomic mass is 10.2. The van der Waals surface area contributed by atoms with Gasteiger partial charge in [-0.3, -0.25) is 4.79 Å². The van der Waals surface area contributed by atoms with Crippen molar-refractivity contribution in [3.05, 3.63) is 42.2 Å².